The molecule has 0 aliphatic carbocycles. The van der Waals surface area contributed by atoms with Crippen LogP contribution in [0.3, 0.4) is 0 Å². The zero-order valence-electron chi connectivity index (χ0n) is 17.4. The number of ether oxygens (including phenoxy) is 1. The number of nitrogens with zero attached hydrogens (tertiary/aromatic N) is 6. The number of rotatable bonds is 3. The van der Waals surface area contributed by atoms with E-state index >= 15 is 0 Å². The molecule has 4 aromatic rings. The lowest BCUT2D eigenvalue weighted by Gasteiger charge is -2.34. The Morgan fingerprint density at radius 3 is 2.72 bits per heavy atom. The minimum absolute atomic E-state index is 0.0612. The zero-order chi connectivity index (χ0) is 22.5. The highest BCUT2D eigenvalue weighted by molar-refractivity contribution is 6.01. The SMILES string of the molecule is C[C@@H]1COCCN1c1cc(-c2cc(C(F)(F)F)nn2C)c2ccnc(-c3ccn[nH]3)c2n1. The minimum Gasteiger partial charge on any atom is -0.377 e. The van der Waals surface area contributed by atoms with Gasteiger partial charge in [0.05, 0.1) is 30.6 Å². The highest BCUT2D eigenvalue weighted by atomic mass is 19.4. The Hall–Kier alpha value is -3.47. The molecule has 0 spiro atoms. The molecular formula is C21H20F3N7O. The van der Waals surface area contributed by atoms with Crippen molar-refractivity contribution in [3.05, 3.63) is 42.4 Å². The summed E-state index contributed by atoms with van der Waals surface area (Å²) in [6.07, 6.45) is -1.31. The number of fused-ring (bicyclic) bond motifs is 1. The number of aryl methyl sites for hydroxylation is 1. The lowest BCUT2D eigenvalue weighted by Crippen LogP contribution is -2.44. The summed E-state index contributed by atoms with van der Waals surface area (Å²) in [6, 6.07) is 6.48. The highest BCUT2D eigenvalue weighted by Crippen LogP contribution is 2.37. The zero-order valence-corrected chi connectivity index (χ0v) is 17.4. The number of hydrogen-bond donors (Lipinski definition) is 1. The van der Waals surface area contributed by atoms with E-state index in [1.54, 1.807) is 24.5 Å². The molecule has 8 nitrogen and oxygen atoms in total. The Balaban J connectivity index is 1.78. The molecular weight excluding hydrogens is 423 g/mol. The lowest BCUT2D eigenvalue weighted by molar-refractivity contribution is -0.141. The van der Waals surface area contributed by atoms with Crippen molar-refractivity contribution < 1.29 is 17.9 Å². The molecule has 1 aliphatic rings. The number of aromatic amines is 1. The predicted molar refractivity (Wildman–Crippen MR) is 112 cm³/mol. The van der Waals surface area contributed by atoms with Crippen molar-refractivity contribution >= 4 is 16.7 Å². The van der Waals surface area contributed by atoms with E-state index in [2.05, 4.69) is 25.2 Å². The maximum absolute atomic E-state index is 13.4. The summed E-state index contributed by atoms with van der Waals surface area (Å²) in [7, 11) is 1.50. The molecule has 0 amide bonds. The lowest BCUT2D eigenvalue weighted by atomic mass is 10.0. The molecule has 1 atom stereocenters. The van der Waals surface area contributed by atoms with Crippen molar-refractivity contribution in [2.45, 2.75) is 19.1 Å². The van der Waals surface area contributed by atoms with Crippen molar-refractivity contribution in [3.63, 3.8) is 0 Å². The van der Waals surface area contributed by atoms with E-state index in [1.807, 2.05) is 13.0 Å². The molecule has 0 saturated carbocycles. The van der Waals surface area contributed by atoms with Gasteiger partial charge in [-0.15, -0.1) is 0 Å². The third-order valence-electron chi connectivity index (χ3n) is 5.58. The Morgan fingerprint density at radius 2 is 2.03 bits per heavy atom. The average molecular weight is 443 g/mol. The molecule has 4 aromatic heterocycles. The van der Waals surface area contributed by atoms with Crippen LogP contribution in [-0.2, 0) is 18.0 Å². The van der Waals surface area contributed by atoms with E-state index in [0.717, 1.165) is 6.07 Å². The summed E-state index contributed by atoms with van der Waals surface area (Å²) in [5.74, 6) is 0.645. The van der Waals surface area contributed by atoms with E-state index in [4.69, 9.17) is 9.72 Å². The fourth-order valence-corrected chi connectivity index (χ4v) is 4.01. The van der Waals surface area contributed by atoms with Gasteiger partial charge in [0.1, 0.15) is 17.0 Å². The molecule has 0 bridgehead atoms. The van der Waals surface area contributed by atoms with Gasteiger partial charge in [-0.1, -0.05) is 0 Å². The molecule has 0 unspecified atom stereocenters. The van der Waals surface area contributed by atoms with Gasteiger partial charge < -0.3 is 9.64 Å². The number of alkyl halides is 3. The van der Waals surface area contributed by atoms with Crippen LogP contribution in [0.15, 0.2) is 36.7 Å². The van der Waals surface area contributed by atoms with E-state index in [0.29, 0.717) is 59.1 Å². The number of halogens is 3. The van der Waals surface area contributed by atoms with Crippen LogP contribution < -0.4 is 4.90 Å². The summed E-state index contributed by atoms with van der Waals surface area (Å²) in [6.45, 7) is 3.73. The number of H-pyrrole nitrogens is 1. The Labute approximate surface area is 181 Å². The molecule has 0 radical (unpaired) electrons. The Bertz CT molecular complexity index is 1270. The number of pyridine rings is 2. The molecule has 32 heavy (non-hydrogen) atoms. The van der Waals surface area contributed by atoms with Crippen LogP contribution in [-0.4, -0.2) is 55.7 Å². The van der Waals surface area contributed by atoms with Gasteiger partial charge in [-0.2, -0.15) is 23.4 Å². The fourth-order valence-electron chi connectivity index (χ4n) is 4.01. The number of nitrogens with one attached hydrogen (secondary N) is 1. The number of morpholine rings is 1. The molecule has 166 valence electrons. The molecule has 11 heteroatoms. The van der Waals surface area contributed by atoms with Crippen molar-refractivity contribution in [2.75, 3.05) is 24.7 Å². The van der Waals surface area contributed by atoms with Crippen LogP contribution in [0.25, 0.3) is 33.5 Å². The van der Waals surface area contributed by atoms with Crippen LogP contribution in [0, 0.1) is 0 Å². The quantitative estimate of drug-likeness (QED) is 0.520. The number of aromatic nitrogens is 6. The summed E-state index contributed by atoms with van der Waals surface area (Å²) >= 11 is 0. The van der Waals surface area contributed by atoms with E-state index < -0.39 is 11.9 Å². The molecule has 1 saturated heterocycles. The molecule has 5 rings (SSSR count). The van der Waals surface area contributed by atoms with E-state index in [1.165, 1.54) is 11.7 Å². The van der Waals surface area contributed by atoms with Crippen LogP contribution in [0.5, 0.6) is 0 Å². The second kappa shape index (κ2) is 7.59. The first-order valence-corrected chi connectivity index (χ1v) is 10.1. The first-order chi connectivity index (χ1) is 15.3. The second-order valence-electron chi connectivity index (χ2n) is 7.71. The van der Waals surface area contributed by atoms with Crippen molar-refractivity contribution in [2.24, 2.45) is 7.05 Å². The number of hydrogen-bond acceptors (Lipinski definition) is 6. The highest BCUT2D eigenvalue weighted by Gasteiger charge is 2.35. The molecule has 1 N–H and O–H groups in total. The smallest absolute Gasteiger partial charge is 0.377 e. The van der Waals surface area contributed by atoms with E-state index in [9.17, 15) is 13.2 Å². The van der Waals surface area contributed by atoms with Crippen molar-refractivity contribution in [1.29, 1.82) is 0 Å². The summed E-state index contributed by atoms with van der Waals surface area (Å²) < 4.78 is 46.8. The maximum Gasteiger partial charge on any atom is 0.435 e. The van der Waals surface area contributed by atoms with Crippen LogP contribution >= 0.6 is 0 Å². The van der Waals surface area contributed by atoms with Crippen molar-refractivity contribution in [3.8, 4) is 22.6 Å². The normalized spacial score (nSPS) is 17.3. The minimum atomic E-state index is -4.54. The van der Waals surface area contributed by atoms with Crippen LogP contribution in [0.1, 0.15) is 12.6 Å². The van der Waals surface area contributed by atoms with Gasteiger partial charge in [-0.05, 0) is 31.2 Å². The molecule has 5 heterocycles. The van der Waals surface area contributed by atoms with Gasteiger partial charge in [0.15, 0.2) is 5.69 Å². The first-order valence-electron chi connectivity index (χ1n) is 10.1. The molecule has 1 fully saturated rings. The fraction of sp³-hybridized carbons (Fsp3) is 0.333. The maximum atomic E-state index is 13.4. The Kier molecular flexibility index (Phi) is 4.85. The standard InChI is InChI=1S/C21H20F3N7O/c1-12-11-32-8-7-31(12)18-9-14(16-10-17(21(22,23)24)29-30(16)2)13-3-5-25-20(19(13)27-18)15-4-6-26-28-15/h3-6,9-10,12H,7-8,11H2,1-2H3,(H,26,28)/t12-/m1/s1. The third-order valence-corrected chi connectivity index (χ3v) is 5.58. The topological polar surface area (TPSA) is 84.8 Å². The largest absolute Gasteiger partial charge is 0.435 e. The predicted octanol–water partition coefficient (Wildman–Crippen LogP) is 3.66. The van der Waals surface area contributed by atoms with Gasteiger partial charge in [0.25, 0.3) is 0 Å². The van der Waals surface area contributed by atoms with Gasteiger partial charge in [0.2, 0.25) is 0 Å². The van der Waals surface area contributed by atoms with Gasteiger partial charge in [-0.25, -0.2) is 4.98 Å². The molecule has 1 aliphatic heterocycles. The Morgan fingerprint density at radius 1 is 1.19 bits per heavy atom. The summed E-state index contributed by atoms with van der Waals surface area (Å²) in [5, 5.41) is 11.3. The van der Waals surface area contributed by atoms with Crippen LogP contribution in [0.4, 0.5) is 19.0 Å². The monoisotopic (exact) mass is 443 g/mol. The van der Waals surface area contributed by atoms with Gasteiger partial charge in [0, 0.05) is 36.9 Å². The first kappa shape index (κ1) is 20.4. The van der Waals surface area contributed by atoms with Crippen molar-refractivity contribution in [1.82, 2.24) is 29.9 Å². The molecule has 0 aromatic carbocycles. The van der Waals surface area contributed by atoms with Gasteiger partial charge in [-0.3, -0.25) is 14.8 Å². The second-order valence-corrected chi connectivity index (χ2v) is 7.71. The van der Waals surface area contributed by atoms with Gasteiger partial charge >= 0.3 is 6.18 Å². The van der Waals surface area contributed by atoms with Crippen LogP contribution in [0.2, 0.25) is 0 Å². The van der Waals surface area contributed by atoms with E-state index in [-0.39, 0.29) is 6.04 Å². The summed E-state index contributed by atoms with van der Waals surface area (Å²) in [5.41, 5.74) is 1.80. The summed E-state index contributed by atoms with van der Waals surface area (Å²) in [4.78, 5) is 11.5. The number of anilines is 1. The third kappa shape index (κ3) is 3.48. The average Bonchev–Trinajstić information content (AvgIpc) is 3.43.